The van der Waals surface area contributed by atoms with E-state index in [0.29, 0.717) is 18.2 Å². The van der Waals surface area contributed by atoms with E-state index in [0.717, 1.165) is 37.1 Å². The van der Waals surface area contributed by atoms with Gasteiger partial charge in [0.15, 0.2) is 5.69 Å². The Balaban J connectivity index is 1.52. The molecule has 1 aliphatic rings. The highest BCUT2D eigenvalue weighted by Gasteiger charge is 2.26. The first-order valence-electron chi connectivity index (χ1n) is 10.8. The van der Waals surface area contributed by atoms with Gasteiger partial charge in [0.1, 0.15) is 0 Å². The number of nitrogen functional groups attached to an aromatic ring is 1. The maximum atomic E-state index is 12.9. The highest BCUT2D eigenvalue weighted by atomic mass is 16.6. The standard InChI is InChI=1S/C22H27N9O2/c1-15-8-10-30(11-9-15)14-18-19(25-29-31(18)21-20(23)27-33-28-21)22(32)26-24-13-16(2)12-17-6-4-3-5-7-17/h3-7,12-13,15H,8-11,14H2,1-2H3,(H2,23,27)(H,26,32)/b16-12-,24-13?. The first-order chi connectivity index (χ1) is 16.0. The van der Waals surface area contributed by atoms with Crippen molar-refractivity contribution in [3.05, 3.63) is 52.9 Å². The lowest BCUT2D eigenvalue weighted by Gasteiger charge is -2.30. The zero-order valence-electron chi connectivity index (χ0n) is 18.7. The fourth-order valence-electron chi connectivity index (χ4n) is 3.65. The van der Waals surface area contributed by atoms with Crippen LogP contribution in [0.25, 0.3) is 11.9 Å². The predicted octanol–water partition coefficient (Wildman–Crippen LogP) is 2.28. The molecule has 0 radical (unpaired) electrons. The van der Waals surface area contributed by atoms with Crippen LogP contribution in [-0.2, 0) is 6.54 Å². The Morgan fingerprint density at radius 2 is 2.03 bits per heavy atom. The molecule has 0 spiro atoms. The van der Waals surface area contributed by atoms with Crippen LogP contribution in [0.15, 0.2) is 45.6 Å². The maximum Gasteiger partial charge on any atom is 0.293 e. The quantitative estimate of drug-likeness (QED) is 0.413. The summed E-state index contributed by atoms with van der Waals surface area (Å²) in [4.78, 5) is 15.2. The molecule has 0 bridgehead atoms. The Hall–Kier alpha value is -3.86. The molecule has 2 aromatic heterocycles. The summed E-state index contributed by atoms with van der Waals surface area (Å²) in [6.07, 6.45) is 5.73. The molecule has 1 aromatic carbocycles. The topological polar surface area (TPSA) is 140 Å². The molecule has 0 atom stereocenters. The molecule has 0 saturated carbocycles. The van der Waals surface area contributed by atoms with E-state index in [4.69, 9.17) is 10.4 Å². The van der Waals surface area contributed by atoms with Gasteiger partial charge >= 0.3 is 0 Å². The van der Waals surface area contributed by atoms with Gasteiger partial charge < -0.3 is 5.73 Å². The van der Waals surface area contributed by atoms with Gasteiger partial charge in [-0.05, 0) is 60.2 Å². The van der Waals surface area contributed by atoms with Gasteiger partial charge in [-0.15, -0.1) is 5.10 Å². The Morgan fingerprint density at radius 3 is 2.73 bits per heavy atom. The monoisotopic (exact) mass is 449 g/mol. The molecule has 3 N–H and O–H groups in total. The summed E-state index contributed by atoms with van der Waals surface area (Å²) in [5.41, 5.74) is 11.0. The number of hydrogen-bond acceptors (Lipinski definition) is 9. The molecule has 11 heteroatoms. The van der Waals surface area contributed by atoms with Crippen LogP contribution >= 0.6 is 0 Å². The molecule has 3 heterocycles. The van der Waals surface area contributed by atoms with Crippen LogP contribution in [0.3, 0.4) is 0 Å². The average molecular weight is 450 g/mol. The van der Waals surface area contributed by atoms with Crippen molar-refractivity contribution in [3.63, 3.8) is 0 Å². The molecule has 0 aliphatic carbocycles. The number of allylic oxidation sites excluding steroid dienone is 1. The van der Waals surface area contributed by atoms with Crippen LogP contribution in [0.2, 0.25) is 0 Å². The third kappa shape index (κ3) is 5.50. The normalized spacial score (nSPS) is 15.9. The molecule has 1 amide bonds. The van der Waals surface area contributed by atoms with E-state index in [1.54, 1.807) is 6.21 Å². The van der Waals surface area contributed by atoms with Gasteiger partial charge in [0.05, 0.1) is 11.9 Å². The zero-order chi connectivity index (χ0) is 23.2. The van der Waals surface area contributed by atoms with Crippen LogP contribution in [0, 0.1) is 5.92 Å². The van der Waals surface area contributed by atoms with Crippen LogP contribution < -0.4 is 11.2 Å². The van der Waals surface area contributed by atoms with Crippen molar-refractivity contribution in [2.45, 2.75) is 33.2 Å². The number of nitrogens with two attached hydrogens (primary N) is 1. The molecular formula is C22H27N9O2. The second-order valence-corrected chi connectivity index (χ2v) is 8.23. The predicted molar refractivity (Wildman–Crippen MR) is 123 cm³/mol. The van der Waals surface area contributed by atoms with Crippen LogP contribution in [0.5, 0.6) is 0 Å². The van der Waals surface area contributed by atoms with E-state index < -0.39 is 5.91 Å². The molecule has 33 heavy (non-hydrogen) atoms. The smallest absolute Gasteiger partial charge is 0.293 e. The summed E-state index contributed by atoms with van der Waals surface area (Å²) in [5, 5.41) is 19.7. The van der Waals surface area contributed by atoms with E-state index in [9.17, 15) is 4.79 Å². The van der Waals surface area contributed by atoms with Crippen molar-refractivity contribution in [2.24, 2.45) is 11.0 Å². The molecule has 1 saturated heterocycles. The van der Waals surface area contributed by atoms with Gasteiger partial charge in [0.25, 0.3) is 5.91 Å². The minimum atomic E-state index is -0.472. The van der Waals surface area contributed by atoms with Crippen molar-refractivity contribution in [1.29, 1.82) is 0 Å². The van der Waals surface area contributed by atoms with Crippen molar-refractivity contribution >= 4 is 24.0 Å². The number of amides is 1. The average Bonchev–Trinajstić information content (AvgIpc) is 3.41. The number of hydrazone groups is 1. The first-order valence-corrected chi connectivity index (χ1v) is 10.8. The van der Waals surface area contributed by atoms with Crippen molar-refractivity contribution in [2.75, 3.05) is 18.8 Å². The molecule has 4 rings (SSSR count). The summed E-state index contributed by atoms with van der Waals surface area (Å²) < 4.78 is 6.12. The van der Waals surface area contributed by atoms with Gasteiger partial charge in [0, 0.05) is 6.54 Å². The van der Waals surface area contributed by atoms with E-state index in [2.05, 4.69) is 43.0 Å². The number of nitrogens with zero attached hydrogens (tertiary/aromatic N) is 7. The summed E-state index contributed by atoms with van der Waals surface area (Å²) in [6, 6.07) is 9.86. The van der Waals surface area contributed by atoms with Crippen molar-refractivity contribution < 1.29 is 9.42 Å². The second-order valence-electron chi connectivity index (χ2n) is 8.23. The molecular weight excluding hydrogens is 422 g/mol. The van der Waals surface area contributed by atoms with Crippen molar-refractivity contribution in [3.8, 4) is 5.82 Å². The number of likely N-dealkylation sites (tertiary alicyclic amines) is 1. The molecule has 3 aromatic rings. The summed E-state index contributed by atoms with van der Waals surface area (Å²) >= 11 is 0. The largest absolute Gasteiger partial charge is 0.378 e. The lowest BCUT2D eigenvalue weighted by atomic mass is 9.99. The fourth-order valence-corrected chi connectivity index (χ4v) is 3.65. The number of rotatable bonds is 7. The third-order valence-corrected chi connectivity index (χ3v) is 5.55. The number of hydrogen-bond donors (Lipinski definition) is 2. The van der Waals surface area contributed by atoms with E-state index in [1.807, 2.05) is 43.3 Å². The van der Waals surface area contributed by atoms with Gasteiger partial charge in [-0.3, -0.25) is 9.69 Å². The maximum absolute atomic E-state index is 12.9. The number of aromatic nitrogens is 5. The SMILES string of the molecule is C/C(C=NNC(=O)c1nnn(-c2nonc2N)c1CN1CCC(C)CC1)=C/c1ccccc1. The van der Waals surface area contributed by atoms with Gasteiger partial charge in [0.2, 0.25) is 11.6 Å². The minimum absolute atomic E-state index is 0.0695. The number of carbonyl (C=O) groups is 1. The Morgan fingerprint density at radius 1 is 1.27 bits per heavy atom. The molecule has 1 fully saturated rings. The number of nitrogens with one attached hydrogen (secondary N) is 1. The lowest BCUT2D eigenvalue weighted by Crippen LogP contribution is -2.34. The van der Waals surface area contributed by atoms with Crippen LogP contribution in [0.1, 0.15) is 48.4 Å². The number of benzene rings is 1. The van der Waals surface area contributed by atoms with Gasteiger partial charge in [-0.2, -0.15) is 9.78 Å². The number of piperidine rings is 1. The molecule has 1 aliphatic heterocycles. The number of carbonyl (C=O) groups excluding carboxylic acids is 1. The summed E-state index contributed by atoms with van der Waals surface area (Å²) in [6.45, 7) is 6.45. The van der Waals surface area contributed by atoms with E-state index in [1.165, 1.54) is 4.68 Å². The fraction of sp³-hybridized carbons (Fsp3) is 0.364. The van der Waals surface area contributed by atoms with Gasteiger partial charge in [-0.25, -0.2) is 10.1 Å². The minimum Gasteiger partial charge on any atom is -0.378 e. The molecule has 11 nitrogen and oxygen atoms in total. The Labute approximate surface area is 191 Å². The van der Waals surface area contributed by atoms with Crippen LogP contribution in [-0.4, -0.2) is 55.4 Å². The highest BCUT2D eigenvalue weighted by Crippen LogP contribution is 2.21. The lowest BCUT2D eigenvalue weighted by molar-refractivity contribution is 0.0947. The van der Waals surface area contributed by atoms with Crippen molar-refractivity contribution in [1.82, 2.24) is 35.6 Å². The summed E-state index contributed by atoms with van der Waals surface area (Å²) in [5.74, 6) is 0.483. The first kappa shape index (κ1) is 22.3. The third-order valence-electron chi connectivity index (χ3n) is 5.55. The van der Waals surface area contributed by atoms with Crippen LogP contribution in [0.4, 0.5) is 5.82 Å². The Bertz CT molecular complexity index is 1140. The molecule has 172 valence electrons. The van der Waals surface area contributed by atoms with Gasteiger partial charge in [-0.1, -0.05) is 48.5 Å². The Kier molecular flexibility index (Phi) is 6.89. The molecule has 0 unspecified atom stereocenters. The van der Waals surface area contributed by atoms with E-state index in [-0.39, 0.29) is 17.3 Å². The summed E-state index contributed by atoms with van der Waals surface area (Å²) in [7, 11) is 0. The number of anilines is 1. The highest BCUT2D eigenvalue weighted by molar-refractivity contribution is 5.94. The second kappa shape index (κ2) is 10.2. The zero-order valence-corrected chi connectivity index (χ0v) is 18.7. The van der Waals surface area contributed by atoms with E-state index >= 15 is 0 Å².